The molecule has 1 fully saturated rings. The van der Waals surface area contributed by atoms with Crippen LogP contribution >= 0.6 is 0 Å². The number of ether oxygens (including phenoxy) is 1. The summed E-state index contributed by atoms with van der Waals surface area (Å²) in [6.45, 7) is 12.8. The van der Waals surface area contributed by atoms with Crippen LogP contribution in [-0.2, 0) is 14.0 Å². The van der Waals surface area contributed by atoms with Gasteiger partial charge in [0, 0.05) is 12.8 Å². The van der Waals surface area contributed by atoms with Gasteiger partial charge in [-0.3, -0.25) is 4.79 Å². The Balaban J connectivity index is 2.10. The first kappa shape index (κ1) is 22.8. The number of carbonyl (C=O) groups is 1. The van der Waals surface area contributed by atoms with Crippen molar-refractivity contribution in [3.63, 3.8) is 0 Å². The van der Waals surface area contributed by atoms with E-state index < -0.39 is 8.32 Å². The summed E-state index contributed by atoms with van der Waals surface area (Å²) in [7, 11) is -2.62. The maximum absolute atomic E-state index is 11.7. The second-order valence-corrected chi connectivity index (χ2v) is 14.2. The molecule has 0 N–H and O–H groups in total. The van der Waals surface area contributed by atoms with Crippen molar-refractivity contribution >= 4 is 24.7 Å². The molecule has 0 radical (unpaired) electrons. The molecule has 30 heavy (non-hydrogen) atoms. The van der Waals surface area contributed by atoms with Gasteiger partial charge in [-0.05, 0) is 34.2 Å². The second kappa shape index (κ2) is 9.07. The van der Waals surface area contributed by atoms with E-state index in [1.54, 1.807) is 0 Å². The minimum atomic E-state index is -2.62. The Morgan fingerprint density at radius 2 is 1.33 bits per heavy atom. The molecule has 3 nitrogen and oxygen atoms in total. The normalized spacial score (nSPS) is 25.0. The van der Waals surface area contributed by atoms with Gasteiger partial charge in [-0.1, -0.05) is 95.3 Å². The third-order valence-electron chi connectivity index (χ3n) is 6.50. The molecule has 0 aromatic heterocycles. The number of esters is 1. The summed E-state index contributed by atoms with van der Waals surface area (Å²) in [6, 6.07) is 21.5. The van der Waals surface area contributed by atoms with Crippen molar-refractivity contribution in [2.75, 3.05) is 0 Å². The molecule has 4 heteroatoms. The van der Waals surface area contributed by atoms with Gasteiger partial charge in [0.2, 0.25) is 0 Å². The fraction of sp³-hybridized carbons (Fsp3) is 0.500. The van der Waals surface area contributed by atoms with E-state index in [4.69, 9.17) is 9.16 Å². The molecule has 2 aromatic carbocycles. The highest BCUT2D eigenvalue weighted by Gasteiger charge is 2.53. The lowest BCUT2D eigenvalue weighted by molar-refractivity contribution is -0.155. The van der Waals surface area contributed by atoms with Crippen molar-refractivity contribution in [2.45, 2.75) is 71.6 Å². The van der Waals surface area contributed by atoms with Crippen molar-refractivity contribution in [1.82, 2.24) is 0 Å². The van der Waals surface area contributed by atoms with Crippen molar-refractivity contribution < 1.29 is 14.0 Å². The smallest absolute Gasteiger partial charge is 0.302 e. The van der Waals surface area contributed by atoms with E-state index in [1.165, 1.54) is 17.3 Å². The highest BCUT2D eigenvalue weighted by molar-refractivity contribution is 6.99. The molecule has 0 aliphatic heterocycles. The van der Waals surface area contributed by atoms with E-state index in [9.17, 15) is 4.79 Å². The summed E-state index contributed by atoms with van der Waals surface area (Å²) in [6.07, 6.45) is 1.85. The third-order valence-corrected chi connectivity index (χ3v) is 11.6. The van der Waals surface area contributed by atoms with Crippen molar-refractivity contribution in [2.24, 2.45) is 11.8 Å². The zero-order valence-electron chi connectivity index (χ0n) is 19.2. The molecule has 0 amide bonds. The molecule has 0 heterocycles. The minimum Gasteiger partial charge on any atom is -0.462 e. The summed E-state index contributed by atoms with van der Waals surface area (Å²) in [5.41, 5.74) is 0. The zero-order chi connectivity index (χ0) is 21.9. The van der Waals surface area contributed by atoms with Crippen LogP contribution in [0.4, 0.5) is 0 Å². The number of carbonyl (C=O) groups excluding carboxylic acids is 1. The quantitative estimate of drug-likeness (QED) is 0.504. The Labute approximate surface area is 182 Å². The van der Waals surface area contributed by atoms with Crippen LogP contribution in [0.5, 0.6) is 0 Å². The van der Waals surface area contributed by atoms with Gasteiger partial charge in [-0.2, -0.15) is 0 Å². The van der Waals surface area contributed by atoms with Crippen LogP contribution in [0.2, 0.25) is 5.04 Å². The summed E-state index contributed by atoms with van der Waals surface area (Å²) >= 11 is 0. The SMILES string of the molecule is CC(=O)O[C@@H]1C[C@H](C)C[C@H](O[Si](c2ccccc2)(c2ccccc2)C(C)(C)C)[C@@H]1C. The Morgan fingerprint density at radius 3 is 1.77 bits per heavy atom. The molecule has 1 aliphatic carbocycles. The van der Waals surface area contributed by atoms with Crippen LogP contribution in [0.25, 0.3) is 0 Å². The Hall–Kier alpha value is -1.91. The molecule has 1 aliphatic rings. The molecule has 4 atom stereocenters. The lowest BCUT2D eigenvalue weighted by Gasteiger charge is -2.49. The fourth-order valence-corrected chi connectivity index (χ4v) is 9.78. The second-order valence-electron chi connectivity index (χ2n) is 9.90. The van der Waals surface area contributed by atoms with Crippen LogP contribution in [-0.4, -0.2) is 26.5 Å². The maximum Gasteiger partial charge on any atom is 0.302 e. The summed E-state index contributed by atoms with van der Waals surface area (Å²) in [4.78, 5) is 11.7. The minimum absolute atomic E-state index is 0.0457. The Morgan fingerprint density at radius 1 is 0.867 bits per heavy atom. The molecule has 0 spiro atoms. The van der Waals surface area contributed by atoms with E-state index in [2.05, 4.69) is 95.3 Å². The first-order valence-corrected chi connectivity index (χ1v) is 13.0. The van der Waals surface area contributed by atoms with Crippen LogP contribution < -0.4 is 10.4 Å². The molecular weight excluding hydrogens is 388 g/mol. The van der Waals surface area contributed by atoms with Crippen molar-refractivity contribution in [3.8, 4) is 0 Å². The fourth-order valence-electron chi connectivity index (χ4n) is 5.00. The van der Waals surface area contributed by atoms with E-state index >= 15 is 0 Å². The van der Waals surface area contributed by atoms with Crippen LogP contribution in [0, 0.1) is 11.8 Å². The largest absolute Gasteiger partial charge is 0.462 e. The van der Waals surface area contributed by atoms with Gasteiger partial charge in [0.05, 0.1) is 6.10 Å². The van der Waals surface area contributed by atoms with Gasteiger partial charge in [0.15, 0.2) is 0 Å². The first-order chi connectivity index (χ1) is 14.1. The molecule has 162 valence electrons. The Kier molecular flexibility index (Phi) is 6.88. The van der Waals surface area contributed by atoms with E-state index in [1.807, 2.05) is 0 Å². The summed E-state index contributed by atoms with van der Waals surface area (Å²) in [5.74, 6) is 0.408. The van der Waals surface area contributed by atoms with Crippen LogP contribution in [0.3, 0.4) is 0 Å². The third kappa shape index (κ3) is 4.55. The average Bonchev–Trinajstić information content (AvgIpc) is 2.69. The maximum atomic E-state index is 11.7. The topological polar surface area (TPSA) is 35.5 Å². The van der Waals surface area contributed by atoms with Crippen LogP contribution in [0.15, 0.2) is 60.7 Å². The highest BCUT2D eigenvalue weighted by atomic mass is 28.4. The predicted molar refractivity (Wildman–Crippen MR) is 126 cm³/mol. The Bertz CT molecular complexity index is 789. The molecule has 3 rings (SSSR count). The van der Waals surface area contributed by atoms with E-state index in [0.29, 0.717) is 5.92 Å². The zero-order valence-corrected chi connectivity index (χ0v) is 20.2. The average molecular weight is 425 g/mol. The number of hydrogen-bond donors (Lipinski definition) is 0. The molecule has 0 saturated heterocycles. The monoisotopic (exact) mass is 424 g/mol. The van der Waals surface area contributed by atoms with Gasteiger partial charge in [-0.15, -0.1) is 0 Å². The van der Waals surface area contributed by atoms with Gasteiger partial charge in [0.25, 0.3) is 8.32 Å². The lowest BCUT2D eigenvalue weighted by atomic mass is 9.79. The highest BCUT2D eigenvalue weighted by Crippen LogP contribution is 2.41. The van der Waals surface area contributed by atoms with E-state index in [0.717, 1.165) is 12.8 Å². The summed E-state index contributed by atoms with van der Waals surface area (Å²) < 4.78 is 13.1. The lowest BCUT2D eigenvalue weighted by Crippen LogP contribution is -2.68. The van der Waals surface area contributed by atoms with Gasteiger partial charge in [0.1, 0.15) is 6.10 Å². The van der Waals surface area contributed by atoms with Gasteiger partial charge < -0.3 is 9.16 Å². The van der Waals surface area contributed by atoms with Crippen LogP contribution in [0.1, 0.15) is 54.4 Å². The van der Waals surface area contributed by atoms with Gasteiger partial charge >= 0.3 is 5.97 Å². The number of benzene rings is 2. The molecule has 2 aromatic rings. The molecule has 0 bridgehead atoms. The molecule has 0 unspecified atom stereocenters. The predicted octanol–water partition coefficient (Wildman–Crippen LogP) is 4.93. The summed E-state index contributed by atoms with van der Waals surface area (Å²) in [5, 5.41) is 2.52. The van der Waals surface area contributed by atoms with Crippen molar-refractivity contribution in [3.05, 3.63) is 60.7 Å². The van der Waals surface area contributed by atoms with Crippen molar-refractivity contribution in [1.29, 1.82) is 0 Å². The van der Waals surface area contributed by atoms with Gasteiger partial charge in [-0.25, -0.2) is 0 Å². The van der Waals surface area contributed by atoms with E-state index in [-0.39, 0.29) is 29.1 Å². The number of hydrogen-bond acceptors (Lipinski definition) is 3. The first-order valence-electron chi connectivity index (χ1n) is 11.1. The molecular formula is C26H36O3Si. The molecule has 1 saturated carbocycles. The number of rotatable bonds is 5. The standard InChI is InChI=1S/C26H36O3Si/c1-19-17-24(28-21(3)27)20(2)25(18-19)29-30(26(4,5)6,22-13-9-7-10-14-22)23-15-11-8-12-16-23/h7-16,19-20,24-25H,17-18H2,1-6H3/t19-,20+,24+,25-/m0/s1.